The highest BCUT2D eigenvalue weighted by Gasteiger charge is 2.33. The molecule has 0 saturated heterocycles. The summed E-state index contributed by atoms with van der Waals surface area (Å²) in [6.07, 6.45) is 1.61. The van der Waals surface area contributed by atoms with Crippen LogP contribution in [0.1, 0.15) is 45.6 Å². The minimum absolute atomic E-state index is 0. The molecule has 0 aliphatic heterocycles. The van der Waals surface area contributed by atoms with E-state index in [9.17, 15) is 14.7 Å². The zero-order valence-corrected chi connectivity index (χ0v) is 18.0. The number of carbonyl (C=O) groups is 2. The number of esters is 1. The number of rotatable bonds is 8. The normalized spacial score (nSPS) is 11.9. The number of anilines is 1. The van der Waals surface area contributed by atoms with Crippen molar-refractivity contribution in [1.29, 1.82) is 0 Å². The smallest absolute Gasteiger partial charge is 0.329 e. The van der Waals surface area contributed by atoms with E-state index in [0.29, 0.717) is 37.1 Å². The minimum Gasteiger partial charge on any atom is -0.508 e. The lowest BCUT2D eigenvalue weighted by Crippen LogP contribution is -2.48. The highest BCUT2D eigenvalue weighted by molar-refractivity contribution is 5.99. The number of unbranched alkanes of at least 4 members (excludes halogenated alkanes) is 1. The van der Waals surface area contributed by atoms with Gasteiger partial charge in [-0.2, -0.15) is 0 Å². The van der Waals surface area contributed by atoms with Crippen molar-refractivity contribution in [2.45, 2.75) is 51.5 Å². The van der Waals surface area contributed by atoms with Crippen LogP contribution in [-0.4, -0.2) is 43.9 Å². The summed E-state index contributed by atoms with van der Waals surface area (Å²) in [6.45, 7) is 6.29. The number of aromatic hydroxyl groups is 1. The third-order valence-corrected chi connectivity index (χ3v) is 4.32. The maximum Gasteiger partial charge on any atom is 0.329 e. The molecule has 0 saturated carbocycles. The maximum absolute atomic E-state index is 12.3. The number of primary amides is 1. The molecule has 2 amide bonds. The molecular weight excluding hydrogens is 386 g/mol. The Morgan fingerprint density at radius 2 is 1.82 bits per heavy atom. The number of hydrogen-bond donors (Lipinski definition) is 3. The van der Waals surface area contributed by atoms with Gasteiger partial charge in [0.05, 0.1) is 19.9 Å². The van der Waals surface area contributed by atoms with Crippen LogP contribution in [0.4, 0.5) is 10.5 Å². The van der Waals surface area contributed by atoms with Crippen LogP contribution in [0, 0.1) is 0 Å². The van der Waals surface area contributed by atoms with Gasteiger partial charge in [-0.3, -0.25) is 4.90 Å². The minimum atomic E-state index is -0.951. The first-order valence-electron chi connectivity index (χ1n) is 8.86. The van der Waals surface area contributed by atoms with Gasteiger partial charge < -0.3 is 26.0 Å². The number of amides is 2. The van der Waals surface area contributed by atoms with Crippen molar-refractivity contribution in [2.24, 2.45) is 11.5 Å². The maximum atomic E-state index is 12.3. The molecule has 0 spiro atoms. The molecule has 28 heavy (non-hydrogen) atoms. The number of urea groups is 1. The summed E-state index contributed by atoms with van der Waals surface area (Å²) >= 11 is 0. The van der Waals surface area contributed by atoms with Crippen molar-refractivity contribution in [3.63, 3.8) is 0 Å². The molecule has 0 radical (unpaired) electrons. The van der Waals surface area contributed by atoms with Crippen molar-refractivity contribution >= 4 is 30.1 Å². The summed E-state index contributed by atoms with van der Waals surface area (Å²) in [4.78, 5) is 25.7. The van der Waals surface area contributed by atoms with Gasteiger partial charge in [0.15, 0.2) is 0 Å². The van der Waals surface area contributed by atoms with Gasteiger partial charge in [-0.25, -0.2) is 9.59 Å². The van der Waals surface area contributed by atoms with Crippen LogP contribution in [0.15, 0.2) is 12.1 Å². The molecule has 0 aliphatic carbocycles. The molecule has 160 valence electrons. The van der Waals surface area contributed by atoms with Gasteiger partial charge in [0.1, 0.15) is 17.5 Å². The number of phenolic OH excluding ortho intramolecular Hbond substituents is 1. The Morgan fingerprint density at radius 1 is 1.21 bits per heavy atom. The fourth-order valence-electron chi connectivity index (χ4n) is 2.92. The Hall–Kier alpha value is -2.19. The lowest BCUT2D eigenvalue weighted by molar-refractivity contribution is -0.142. The first-order chi connectivity index (χ1) is 12.6. The van der Waals surface area contributed by atoms with E-state index in [-0.39, 0.29) is 29.3 Å². The largest absolute Gasteiger partial charge is 0.508 e. The SMILES string of the molecule is COC(=O)[C@H](CCCCN)N(C(N)=O)c1cc(O)c(C(C)(C)C)cc1OC.Cl. The Labute approximate surface area is 172 Å². The number of nitrogens with zero attached hydrogens (tertiary/aromatic N) is 1. The van der Waals surface area contributed by atoms with Crippen molar-refractivity contribution in [2.75, 3.05) is 25.7 Å². The molecule has 5 N–H and O–H groups in total. The summed E-state index contributed by atoms with van der Waals surface area (Å²) in [5.74, 6) is -0.299. The number of benzene rings is 1. The lowest BCUT2D eigenvalue weighted by atomic mass is 9.86. The van der Waals surface area contributed by atoms with Gasteiger partial charge in [-0.05, 0) is 37.3 Å². The Kier molecular flexibility index (Phi) is 10.1. The van der Waals surface area contributed by atoms with E-state index in [2.05, 4.69) is 0 Å². The van der Waals surface area contributed by atoms with Gasteiger partial charge in [-0.1, -0.05) is 20.8 Å². The van der Waals surface area contributed by atoms with Gasteiger partial charge in [0.2, 0.25) is 0 Å². The van der Waals surface area contributed by atoms with Gasteiger partial charge >= 0.3 is 12.0 Å². The van der Waals surface area contributed by atoms with E-state index in [1.807, 2.05) is 20.8 Å². The standard InChI is InChI=1S/C19H31N3O5.ClH/c1-19(2,3)12-10-16(26-4)14(11-15(12)23)22(18(21)25)13(17(24)27-5)8-6-7-9-20;/h10-11,13,23H,6-9,20H2,1-5H3,(H2,21,25);1H/t13-;/m0./s1. The first kappa shape index (κ1) is 25.8. The summed E-state index contributed by atoms with van der Waals surface area (Å²) in [5.41, 5.74) is 11.6. The fraction of sp³-hybridized carbons (Fsp3) is 0.579. The van der Waals surface area contributed by atoms with E-state index in [0.717, 1.165) is 4.90 Å². The molecule has 1 atom stereocenters. The number of ether oxygens (including phenoxy) is 2. The van der Waals surface area contributed by atoms with Crippen LogP contribution in [0.25, 0.3) is 0 Å². The zero-order chi connectivity index (χ0) is 20.8. The molecule has 0 aliphatic rings. The van der Waals surface area contributed by atoms with Gasteiger partial charge in [0, 0.05) is 11.6 Å². The zero-order valence-electron chi connectivity index (χ0n) is 17.2. The van der Waals surface area contributed by atoms with E-state index < -0.39 is 18.0 Å². The molecule has 0 heterocycles. The van der Waals surface area contributed by atoms with E-state index in [4.69, 9.17) is 20.9 Å². The summed E-state index contributed by atoms with van der Waals surface area (Å²) in [6, 6.07) is 1.24. The van der Waals surface area contributed by atoms with Crippen LogP contribution in [0.3, 0.4) is 0 Å². The van der Waals surface area contributed by atoms with E-state index in [1.165, 1.54) is 20.3 Å². The highest BCUT2D eigenvalue weighted by Crippen LogP contribution is 2.41. The average Bonchev–Trinajstić information content (AvgIpc) is 2.59. The van der Waals surface area contributed by atoms with Crippen LogP contribution in [-0.2, 0) is 14.9 Å². The molecule has 0 fully saturated rings. The molecular formula is C19H32ClN3O5. The lowest BCUT2D eigenvalue weighted by Gasteiger charge is -2.31. The number of carbonyl (C=O) groups excluding carboxylic acids is 2. The van der Waals surface area contributed by atoms with Crippen molar-refractivity contribution in [3.05, 3.63) is 17.7 Å². The number of phenols is 1. The second-order valence-corrected chi connectivity index (χ2v) is 7.32. The molecule has 8 nitrogen and oxygen atoms in total. The summed E-state index contributed by atoms with van der Waals surface area (Å²) in [7, 11) is 2.69. The van der Waals surface area contributed by atoms with E-state index in [1.54, 1.807) is 6.07 Å². The molecule has 0 unspecified atom stereocenters. The van der Waals surface area contributed by atoms with Crippen molar-refractivity contribution < 1.29 is 24.2 Å². The number of halogens is 1. The second kappa shape index (κ2) is 11.0. The Morgan fingerprint density at radius 3 is 2.25 bits per heavy atom. The molecule has 0 aromatic heterocycles. The highest BCUT2D eigenvalue weighted by atomic mass is 35.5. The van der Waals surface area contributed by atoms with Crippen LogP contribution in [0.5, 0.6) is 11.5 Å². The topological polar surface area (TPSA) is 128 Å². The number of methoxy groups -OCH3 is 2. The number of hydrogen-bond acceptors (Lipinski definition) is 6. The van der Waals surface area contributed by atoms with E-state index >= 15 is 0 Å². The van der Waals surface area contributed by atoms with Crippen LogP contribution < -0.4 is 21.1 Å². The quantitative estimate of drug-likeness (QED) is 0.440. The molecule has 1 rings (SSSR count). The van der Waals surface area contributed by atoms with Crippen LogP contribution in [0.2, 0.25) is 0 Å². The van der Waals surface area contributed by atoms with Gasteiger partial charge in [0.25, 0.3) is 0 Å². The molecule has 1 aromatic carbocycles. The van der Waals surface area contributed by atoms with Gasteiger partial charge in [-0.15, -0.1) is 12.4 Å². The third kappa shape index (κ3) is 6.17. The average molecular weight is 418 g/mol. The predicted octanol–water partition coefficient (Wildman–Crippen LogP) is 2.68. The number of nitrogens with two attached hydrogens (primary N) is 2. The summed E-state index contributed by atoms with van der Waals surface area (Å²) in [5, 5.41) is 10.5. The summed E-state index contributed by atoms with van der Waals surface area (Å²) < 4.78 is 10.3. The Bertz CT molecular complexity index is 676. The monoisotopic (exact) mass is 417 g/mol. The van der Waals surface area contributed by atoms with Crippen molar-refractivity contribution in [3.8, 4) is 11.5 Å². The Balaban J connectivity index is 0.00000729. The van der Waals surface area contributed by atoms with Crippen LogP contribution >= 0.6 is 12.4 Å². The predicted molar refractivity (Wildman–Crippen MR) is 111 cm³/mol. The first-order valence-corrected chi connectivity index (χ1v) is 8.86. The molecule has 0 bridgehead atoms. The van der Waals surface area contributed by atoms with Crippen molar-refractivity contribution in [1.82, 2.24) is 0 Å². The second-order valence-electron chi connectivity index (χ2n) is 7.32. The molecule has 1 aromatic rings. The third-order valence-electron chi connectivity index (χ3n) is 4.32. The fourth-order valence-corrected chi connectivity index (χ4v) is 2.92. The molecule has 9 heteroatoms.